The minimum Gasteiger partial charge on any atom is -0.382 e. The average molecular weight is 309 g/mol. The topological polar surface area (TPSA) is 93.8 Å². The Bertz CT molecular complexity index is 854. The molecule has 6 nitrogen and oxygen atoms in total. The van der Waals surface area contributed by atoms with Gasteiger partial charge in [0.15, 0.2) is 11.5 Å². The van der Waals surface area contributed by atoms with Crippen LogP contribution in [0.3, 0.4) is 0 Å². The van der Waals surface area contributed by atoms with Gasteiger partial charge in [-0.2, -0.15) is 0 Å². The summed E-state index contributed by atoms with van der Waals surface area (Å²) in [6.45, 7) is 0. The third-order valence-electron chi connectivity index (χ3n) is 3.10. The summed E-state index contributed by atoms with van der Waals surface area (Å²) >= 11 is 0. The molecular weight excluding hydrogens is 297 g/mol. The van der Waals surface area contributed by atoms with Gasteiger partial charge >= 0.3 is 0 Å². The molecule has 3 aromatic rings. The number of aromatic nitrogens is 3. The number of rotatable bonds is 3. The molecule has 0 fully saturated rings. The zero-order chi connectivity index (χ0) is 16.2. The van der Waals surface area contributed by atoms with Crippen LogP contribution in [0.25, 0.3) is 11.3 Å². The molecule has 0 aliphatic rings. The SMILES string of the molecule is Nc1ncc(-c2cccnc2)nc1C(=O)Nc1ccccc1F. The van der Waals surface area contributed by atoms with E-state index in [2.05, 4.69) is 20.3 Å². The maximum Gasteiger partial charge on any atom is 0.278 e. The Labute approximate surface area is 131 Å². The molecule has 1 amide bonds. The number of anilines is 2. The van der Waals surface area contributed by atoms with E-state index in [1.165, 1.54) is 24.4 Å². The number of carbonyl (C=O) groups is 1. The van der Waals surface area contributed by atoms with Crippen LogP contribution in [0, 0.1) is 5.82 Å². The summed E-state index contributed by atoms with van der Waals surface area (Å²) in [4.78, 5) is 24.5. The minimum absolute atomic E-state index is 0.0357. The van der Waals surface area contributed by atoms with Gasteiger partial charge in [-0.05, 0) is 24.3 Å². The largest absolute Gasteiger partial charge is 0.382 e. The van der Waals surface area contributed by atoms with E-state index in [-0.39, 0.29) is 17.2 Å². The van der Waals surface area contributed by atoms with Crippen molar-refractivity contribution >= 4 is 17.4 Å². The molecule has 0 unspecified atom stereocenters. The number of nitrogen functional groups attached to an aromatic ring is 1. The molecule has 0 radical (unpaired) electrons. The fourth-order valence-corrected chi connectivity index (χ4v) is 1.96. The Kier molecular flexibility index (Phi) is 3.92. The van der Waals surface area contributed by atoms with Crippen molar-refractivity contribution in [3.63, 3.8) is 0 Å². The number of carbonyl (C=O) groups excluding carboxylic acids is 1. The molecule has 114 valence electrons. The zero-order valence-electron chi connectivity index (χ0n) is 11.9. The zero-order valence-corrected chi connectivity index (χ0v) is 11.9. The molecule has 3 rings (SSSR count). The maximum absolute atomic E-state index is 13.6. The van der Waals surface area contributed by atoms with Gasteiger partial charge in [-0.15, -0.1) is 0 Å². The van der Waals surface area contributed by atoms with Crippen LogP contribution in [0.15, 0.2) is 55.0 Å². The summed E-state index contributed by atoms with van der Waals surface area (Å²) in [5.74, 6) is -1.21. The number of para-hydroxylation sites is 1. The second-order valence-electron chi connectivity index (χ2n) is 4.66. The number of hydrogen-bond acceptors (Lipinski definition) is 5. The van der Waals surface area contributed by atoms with Crippen molar-refractivity contribution < 1.29 is 9.18 Å². The molecule has 2 aromatic heterocycles. The third-order valence-corrected chi connectivity index (χ3v) is 3.10. The van der Waals surface area contributed by atoms with Crippen molar-refractivity contribution in [2.45, 2.75) is 0 Å². The van der Waals surface area contributed by atoms with Crippen molar-refractivity contribution in [1.82, 2.24) is 15.0 Å². The Hall–Kier alpha value is -3.35. The minimum atomic E-state index is -0.633. The van der Waals surface area contributed by atoms with Gasteiger partial charge in [-0.3, -0.25) is 9.78 Å². The second kappa shape index (κ2) is 6.18. The summed E-state index contributed by atoms with van der Waals surface area (Å²) in [5.41, 5.74) is 6.83. The van der Waals surface area contributed by atoms with Gasteiger partial charge in [0.25, 0.3) is 5.91 Å². The molecule has 0 aliphatic heterocycles. The monoisotopic (exact) mass is 309 g/mol. The molecule has 0 saturated heterocycles. The van der Waals surface area contributed by atoms with Crippen LogP contribution in [-0.2, 0) is 0 Å². The van der Waals surface area contributed by atoms with Crippen molar-refractivity contribution in [2.24, 2.45) is 0 Å². The van der Waals surface area contributed by atoms with Crippen LogP contribution in [0.4, 0.5) is 15.9 Å². The van der Waals surface area contributed by atoms with Gasteiger partial charge < -0.3 is 11.1 Å². The lowest BCUT2D eigenvalue weighted by Crippen LogP contribution is -2.18. The molecule has 1 aromatic carbocycles. The van der Waals surface area contributed by atoms with E-state index in [0.29, 0.717) is 11.3 Å². The second-order valence-corrected chi connectivity index (χ2v) is 4.66. The molecule has 23 heavy (non-hydrogen) atoms. The molecule has 0 bridgehead atoms. The van der Waals surface area contributed by atoms with E-state index in [9.17, 15) is 9.18 Å². The van der Waals surface area contributed by atoms with E-state index in [0.717, 1.165) is 0 Å². The number of halogens is 1. The van der Waals surface area contributed by atoms with E-state index in [1.54, 1.807) is 30.6 Å². The highest BCUT2D eigenvalue weighted by atomic mass is 19.1. The normalized spacial score (nSPS) is 10.3. The van der Waals surface area contributed by atoms with Crippen LogP contribution >= 0.6 is 0 Å². The number of benzene rings is 1. The molecule has 0 spiro atoms. The standard InChI is InChI=1S/C16H12FN5O/c17-11-5-1-2-6-12(11)22-16(23)14-15(18)20-9-13(21-14)10-4-3-7-19-8-10/h1-9H,(H2,18,20)(H,22,23). The van der Waals surface area contributed by atoms with Crippen LogP contribution < -0.4 is 11.1 Å². The Morgan fingerprint density at radius 1 is 1.13 bits per heavy atom. The van der Waals surface area contributed by atoms with Crippen molar-refractivity contribution in [3.05, 3.63) is 66.5 Å². The molecular formula is C16H12FN5O. The van der Waals surface area contributed by atoms with Gasteiger partial charge in [-0.25, -0.2) is 14.4 Å². The molecule has 3 N–H and O–H groups in total. The van der Waals surface area contributed by atoms with Gasteiger partial charge in [-0.1, -0.05) is 12.1 Å². The Balaban J connectivity index is 1.93. The highest BCUT2D eigenvalue weighted by molar-refractivity contribution is 6.06. The number of pyridine rings is 1. The third kappa shape index (κ3) is 3.13. The number of nitrogens with one attached hydrogen (secondary N) is 1. The maximum atomic E-state index is 13.6. The van der Waals surface area contributed by atoms with Crippen molar-refractivity contribution in [3.8, 4) is 11.3 Å². The lowest BCUT2D eigenvalue weighted by molar-refractivity contribution is 0.102. The highest BCUT2D eigenvalue weighted by Gasteiger charge is 2.16. The predicted octanol–water partition coefficient (Wildman–Crippen LogP) is 2.51. The van der Waals surface area contributed by atoms with Gasteiger partial charge in [0.2, 0.25) is 0 Å². The lowest BCUT2D eigenvalue weighted by atomic mass is 10.2. The summed E-state index contributed by atoms with van der Waals surface area (Å²) in [6.07, 6.45) is 4.67. The van der Waals surface area contributed by atoms with E-state index in [4.69, 9.17) is 5.73 Å². The molecule has 7 heteroatoms. The molecule has 0 aliphatic carbocycles. The molecule has 0 atom stereocenters. The van der Waals surface area contributed by atoms with Crippen molar-refractivity contribution in [2.75, 3.05) is 11.1 Å². The summed E-state index contributed by atoms with van der Waals surface area (Å²) in [7, 11) is 0. The number of amides is 1. The van der Waals surface area contributed by atoms with Crippen LogP contribution in [0.2, 0.25) is 0 Å². The highest BCUT2D eigenvalue weighted by Crippen LogP contribution is 2.19. The number of hydrogen-bond donors (Lipinski definition) is 2. The van der Waals surface area contributed by atoms with Crippen LogP contribution in [0.1, 0.15) is 10.5 Å². The van der Waals surface area contributed by atoms with Crippen LogP contribution in [0.5, 0.6) is 0 Å². The fourth-order valence-electron chi connectivity index (χ4n) is 1.96. The first kappa shape index (κ1) is 14.6. The van der Waals surface area contributed by atoms with E-state index < -0.39 is 11.7 Å². The number of nitrogens with zero attached hydrogens (tertiary/aromatic N) is 3. The summed E-state index contributed by atoms with van der Waals surface area (Å²) in [5, 5.41) is 2.43. The number of nitrogens with two attached hydrogens (primary N) is 1. The molecule has 0 saturated carbocycles. The van der Waals surface area contributed by atoms with Gasteiger partial charge in [0.05, 0.1) is 17.6 Å². The first-order valence-corrected chi connectivity index (χ1v) is 6.74. The van der Waals surface area contributed by atoms with Gasteiger partial charge in [0.1, 0.15) is 5.82 Å². The Morgan fingerprint density at radius 2 is 1.96 bits per heavy atom. The van der Waals surface area contributed by atoms with E-state index >= 15 is 0 Å². The molecule has 2 heterocycles. The predicted molar refractivity (Wildman–Crippen MR) is 84.0 cm³/mol. The Morgan fingerprint density at radius 3 is 2.70 bits per heavy atom. The fraction of sp³-hybridized carbons (Fsp3) is 0. The summed E-state index contributed by atoms with van der Waals surface area (Å²) < 4.78 is 13.6. The van der Waals surface area contributed by atoms with Crippen LogP contribution in [-0.4, -0.2) is 20.9 Å². The van der Waals surface area contributed by atoms with Crippen molar-refractivity contribution in [1.29, 1.82) is 0 Å². The lowest BCUT2D eigenvalue weighted by Gasteiger charge is -2.08. The van der Waals surface area contributed by atoms with E-state index in [1.807, 2.05) is 0 Å². The first-order chi connectivity index (χ1) is 11.1. The average Bonchev–Trinajstić information content (AvgIpc) is 2.58. The first-order valence-electron chi connectivity index (χ1n) is 6.74. The van der Waals surface area contributed by atoms with Gasteiger partial charge in [0, 0.05) is 18.0 Å². The smallest absolute Gasteiger partial charge is 0.278 e. The summed E-state index contributed by atoms with van der Waals surface area (Å²) in [6, 6.07) is 9.36. The quantitative estimate of drug-likeness (QED) is 0.775.